The average molecular weight is 436 g/mol. The van der Waals surface area contributed by atoms with Crippen molar-refractivity contribution >= 4 is 35.0 Å². The second-order valence-corrected chi connectivity index (χ2v) is 8.28. The van der Waals surface area contributed by atoms with Gasteiger partial charge < -0.3 is 19.5 Å². The number of ether oxygens (including phenoxy) is 1. The van der Waals surface area contributed by atoms with Crippen LogP contribution in [0.3, 0.4) is 0 Å². The number of fused-ring (bicyclic) bond motifs is 1. The topological polar surface area (TPSA) is 63.6 Å². The fourth-order valence-corrected chi connectivity index (χ4v) is 4.58. The van der Waals surface area contributed by atoms with Gasteiger partial charge in [0.1, 0.15) is 5.69 Å². The maximum atomic E-state index is 13.1. The molecule has 154 valence electrons. The Balaban J connectivity index is 1.59. The zero-order chi connectivity index (χ0) is 20.5. The molecule has 1 N–H and O–H groups in total. The maximum Gasteiger partial charge on any atom is 0.270 e. The molecule has 1 aromatic heterocycles. The lowest BCUT2D eigenvalue weighted by Gasteiger charge is -2.24. The van der Waals surface area contributed by atoms with Crippen LogP contribution in [-0.4, -0.2) is 40.5 Å². The molecule has 8 heteroatoms. The molecule has 0 aliphatic carbocycles. The third kappa shape index (κ3) is 3.89. The highest BCUT2D eigenvalue weighted by atomic mass is 35.5. The lowest BCUT2D eigenvalue weighted by atomic mass is 10.2. The van der Waals surface area contributed by atoms with Crippen LogP contribution < -0.4 is 5.32 Å². The molecule has 1 saturated heterocycles. The summed E-state index contributed by atoms with van der Waals surface area (Å²) < 4.78 is 7.48. The van der Waals surface area contributed by atoms with Crippen molar-refractivity contribution < 1.29 is 14.3 Å². The SMILES string of the molecule is CC1CCCN1C(=O)c1cc(C(=O)NCc2c(Cl)cccc2Cl)c2n1CCOC2. The van der Waals surface area contributed by atoms with Gasteiger partial charge in [-0.15, -0.1) is 0 Å². The highest BCUT2D eigenvalue weighted by Crippen LogP contribution is 2.27. The molecule has 4 rings (SSSR count). The van der Waals surface area contributed by atoms with Crippen LogP contribution in [0.25, 0.3) is 0 Å². The minimum Gasteiger partial charge on any atom is -0.373 e. The third-order valence-corrected chi connectivity index (χ3v) is 6.38. The fourth-order valence-electron chi connectivity index (χ4n) is 4.05. The normalized spacial score (nSPS) is 18.6. The van der Waals surface area contributed by atoms with Crippen molar-refractivity contribution in [1.82, 2.24) is 14.8 Å². The van der Waals surface area contributed by atoms with E-state index in [4.69, 9.17) is 27.9 Å². The van der Waals surface area contributed by atoms with Crippen LogP contribution in [0, 0.1) is 0 Å². The maximum absolute atomic E-state index is 13.1. The highest BCUT2D eigenvalue weighted by molar-refractivity contribution is 6.36. The highest BCUT2D eigenvalue weighted by Gasteiger charge is 2.32. The van der Waals surface area contributed by atoms with Crippen molar-refractivity contribution in [1.29, 1.82) is 0 Å². The second-order valence-electron chi connectivity index (χ2n) is 7.47. The van der Waals surface area contributed by atoms with E-state index in [1.807, 2.05) is 9.47 Å². The average Bonchev–Trinajstić information content (AvgIpc) is 3.31. The van der Waals surface area contributed by atoms with Crippen LogP contribution in [0.2, 0.25) is 10.0 Å². The number of hydrogen-bond donors (Lipinski definition) is 1. The number of aromatic nitrogens is 1. The van der Waals surface area contributed by atoms with Gasteiger partial charge in [-0.25, -0.2) is 0 Å². The predicted molar refractivity (Wildman–Crippen MR) is 111 cm³/mol. The number of carbonyl (C=O) groups excluding carboxylic acids is 2. The molecule has 0 bridgehead atoms. The molecule has 0 spiro atoms. The molecule has 2 aliphatic heterocycles. The first-order chi connectivity index (χ1) is 14.0. The zero-order valence-corrected chi connectivity index (χ0v) is 17.7. The first-order valence-corrected chi connectivity index (χ1v) is 10.5. The predicted octanol–water partition coefficient (Wildman–Crippen LogP) is 3.88. The first kappa shape index (κ1) is 20.3. The molecule has 29 heavy (non-hydrogen) atoms. The fraction of sp³-hybridized carbons (Fsp3) is 0.429. The molecule has 0 saturated carbocycles. The van der Waals surface area contributed by atoms with Gasteiger partial charge in [0.15, 0.2) is 0 Å². The number of nitrogens with one attached hydrogen (secondary N) is 1. The van der Waals surface area contributed by atoms with Crippen LogP contribution in [-0.2, 0) is 24.4 Å². The van der Waals surface area contributed by atoms with Gasteiger partial charge in [-0.2, -0.15) is 0 Å². The Morgan fingerprint density at radius 2 is 2.00 bits per heavy atom. The summed E-state index contributed by atoms with van der Waals surface area (Å²) in [7, 11) is 0. The smallest absolute Gasteiger partial charge is 0.270 e. The summed E-state index contributed by atoms with van der Waals surface area (Å²) in [5, 5.41) is 3.87. The van der Waals surface area contributed by atoms with Gasteiger partial charge in [0.2, 0.25) is 0 Å². The van der Waals surface area contributed by atoms with E-state index in [0.29, 0.717) is 46.6 Å². The van der Waals surface area contributed by atoms with Crippen LogP contribution in [0.5, 0.6) is 0 Å². The summed E-state index contributed by atoms with van der Waals surface area (Å²) in [5.74, 6) is -0.296. The van der Waals surface area contributed by atoms with Crippen molar-refractivity contribution in [2.45, 2.75) is 45.5 Å². The summed E-state index contributed by atoms with van der Waals surface area (Å²) in [6, 6.07) is 7.14. The van der Waals surface area contributed by atoms with Crippen LogP contribution in [0.1, 0.15) is 51.9 Å². The van der Waals surface area contributed by atoms with E-state index in [-0.39, 0.29) is 24.4 Å². The quantitative estimate of drug-likeness (QED) is 0.792. The number of amides is 2. The minimum absolute atomic E-state index is 0.0219. The van der Waals surface area contributed by atoms with Gasteiger partial charge in [-0.1, -0.05) is 29.3 Å². The molecule has 0 radical (unpaired) electrons. The standard InChI is InChI=1S/C21H23Cl2N3O3/c1-13-4-3-7-25(13)21(28)18-10-14(19-12-29-9-8-26(18)19)20(27)24-11-15-16(22)5-2-6-17(15)23/h2,5-6,10,13H,3-4,7-9,11-12H2,1H3,(H,24,27). The van der Waals surface area contributed by atoms with Crippen molar-refractivity contribution in [3.8, 4) is 0 Å². The van der Waals surface area contributed by atoms with Gasteiger partial charge in [-0.3, -0.25) is 9.59 Å². The van der Waals surface area contributed by atoms with E-state index in [1.165, 1.54) is 0 Å². The van der Waals surface area contributed by atoms with Crippen molar-refractivity contribution in [3.05, 3.63) is 56.8 Å². The zero-order valence-electron chi connectivity index (χ0n) is 16.2. The Morgan fingerprint density at radius 1 is 1.24 bits per heavy atom. The molecule has 1 atom stereocenters. The first-order valence-electron chi connectivity index (χ1n) is 9.79. The molecule has 1 aromatic carbocycles. The molecular weight excluding hydrogens is 413 g/mol. The number of hydrogen-bond acceptors (Lipinski definition) is 3. The summed E-state index contributed by atoms with van der Waals surface area (Å²) in [4.78, 5) is 28.0. The van der Waals surface area contributed by atoms with Crippen molar-refractivity contribution in [2.24, 2.45) is 0 Å². The minimum atomic E-state index is -0.274. The number of halogens is 2. The molecule has 6 nitrogen and oxygen atoms in total. The number of carbonyl (C=O) groups is 2. The molecule has 2 aliphatic rings. The molecule has 3 heterocycles. The van der Waals surface area contributed by atoms with E-state index in [2.05, 4.69) is 12.2 Å². The molecular formula is C21H23Cl2N3O3. The second kappa shape index (κ2) is 8.38. The van der Waals surface area contributed by atoms with Gasteiger partial charge >= 0.3 is 0 Å². The van der Waals surface area contributed by atoms with Gasteiger partial charge in [-0.05, 0) is 38.0 Å². The molecule has 2 aromatic rings. The largest absolute Gasteiger partial charge is 0.373 e. The van der Waals surface area contributed by atoms with E-state index in [9.17, 15) is 9.59 Å². The monoisotopic (exact) mass is 435 g/mol. The Kier molecular flexibility index (Phi) is 5.86. The van der Waals surface area contributed by atoms with Crippen LogP contribution in [0.15, 0.2) is 24.3 Å². The summed E-state index contributed by atoms with van der Waals surface area (Å²) in [5.41, 5.74) is 2.41. The number of rotatable bonds is 4. The van der Waals surface area contributed by atoms with E-state index in [0.717, 1.165) is 25.1 Å². The van der Waals surface area contributed by atoms with Gasteiger partial charge in [0.25, 0.3) is 11.8 Å². The van der Waals surface area contributed by atoms with Gasteiger partial charge in [0.05, 0.1) is 24.5 Å². The lowest BCUT2D eigenvalue weighted by Crippen LogP contribution is -2.35. The van der Waals surface area contributed by atoms with Crippen LogP contribution in [0.4, 0.5) is 0 Å². The Labute approximate surface area is 179 Å². The molecule has 1 fully saturated rings. The lowest BCUT2D eigenvalue weighted by molar-refractivity contribution is 0.0684. The Bertz CT molecular complexity index is 937. The van der Waals surface area contributed by atoms with Crippen molar-refractivity contribution in [2.75, 3.05) is 13.2 Å². The number of nitrogens with zero attached hydrogens (tertiary/aromatic N) is 2. The molecule has 2 amide bonds. The van der Waals surface area contributed by atoms with E-state index < -0.39 is 0 Å². The van der Waals surface area contributed by atoms with E-state index in [1.54, 1.807) is 24.3 Å². The summed E-state index contributed by atoms with van der Waals surface area (Å²) in [6.07, 6.45) is 2.02. The van der Waals surface area contributed by atoms with E-state index >= 15 is 0 Å². The van der Waals surface area contributed by atoms with Crippen molar-refractivity contribution in [3.63, 3.8) is 0 Å². The summed E-state index contributed by atoms with van der Waals surface area (Å²) in [6.45, 7) is 4.41. The molecule has 1 unspecified atom stereocenters. The number of benzene rings is 1. The number of likely N-dealkylation sites (tertiary alicyclic amines) is 1. The third-order valence-electron chi connectivity index (χ3n) is 5.67. The Morgan fingerprint density at radius 3 is 2.69 bits per heavy atom. The summed E-state index contributed by atoms with van der Waals surface area (Å²) >= 11 is 12.4. The van der Waals surface area contributed by atoms with Crippen LogP contribution >= 0.6 is 23.2 Å². The van der Waals surface area contributed by atoms with Gasteiger partial charge in [0, 0.05) is 41.3 Å². The Hall–Kier alpha value is -2.02.